The molecule has 0 saturated heterocycles. The fraction of sp³-hybridized carbons (Fsp3) is 0.667. The van der Waals surface area contributed by atoms with Gasteiger partial charge in [-0.3, -0.25) is 0 Å². The van der Waals surface area contributed by atoms with Crippen molar-refractivity contribution >= 4 is 28.6 Å². The van der Waals surface area contributed by atoms with Crippen LogP contribution in [0.4, 0.5) is 0 Å². The van der Waals surface area contributed by atoms with Gasteiger partial charge in [0.15, 0.2) is 0 Å². The largest absolute Gasteiger partial charge is 0.461 e. The lowest BCUT2D eigenvalue weighted by atomic mass is 10.4. The van der Waals surface area contributed by atoms with Crippen LogP contribution < -0.4 is 0 Å². The van der Waals surface area contributed by atoms with Gasteiger partial charge in [-0.2, -0.15) is 0 Å². The molecule has 0 N–H and O–H groups in total. The van der Waals surface area contributed by atoms with Gasteiger partial charge in [-0.05, 0) is 25.9 Å². The summed E-state index contributed by atoms with van der Waals surface area (Å²) >= 11 is 2.15. The van der Waals surface area contributed by atoms with Gasteiger partial charge in [0.2, 0.25) is 0 Å². The van der Waals surface area contributed by atoms with E-state index in [0.29, 0.717) is 12.2 Å². The van der Waals surface area contributed by atoms with Crippen LogP contribution in [0.5, 0.6) is 0 Å². The maximum Gasteiger partial charge on any atom is 0.333 e. The van der Waals surface area contributed by atoms with E-state index in [2.05, 4.69) is 29.2 Å². The summed E-state index contributed by atoms with van der Waals surface area (Å²) in [6.07, 6.45) is 0. The predicted octanol–water partition coefficient (Wildman–Crippen LogP) is 1.72. The second-order valence-corrected chi connectivity index (χ2v) is 2.72. The van der Waals surface area contributed by atoms with Gasteiger partial charge in [0.05, 0.1) is 0 Å². The fourth-order valence-electron chi connectivity index (χ4n) is 0.444. The molecule has 0 rings (SSSR count). The Bertz CT molecular complexity index is 158. The molecule has 78 valence electrons. The van der Waals surface area contributed by atoms with Gasteiger partial charge in [-0.25, -0.2) is 4.79 Å². The molecule has 13 heavy (non-hydrogen) atoms. The molecule has 0 radical (unpaired) electrons. The van der Waals surface area contributed by atoms with E-state index >= 15 is 0 Å². The van der Waals surface area contributed by atoms with E-state index in [1.807, 2.05) is 23.9 Å². The molecule has 0 aliphatic heterocycles. The van der Waals surface area contributed by atoms with Crippen molar-refractivity contribution in [2.24, 2.45) is 0 Å². The lowest BCUT2D eigenvalue weighted by Crippen LogP contribution is -2.20. The van der Waals surface area contributed by atoms with E-state index in [1.165, 1.54) is 0 Å². The van der Waals surface area contributed by atoms with Gasteiger partial charge in [0.1, 0.15) is 6.61 Å². The van der Waals surface area contributed by atoms with Crippen molar-refractivity contribution in [3.05, 3.63) is 12.2 Å². The van der Waals surface area contributed by atoms with E-state index < -0.39 is 0 Å². The monoisotopic (exact) mass is 299 g/mol. The third kappa shape index (κ3) is 11.9. The van der Waals surface area contributed by atoms with Crippen molar-refractivity contribution < 1.29 is 9.53 Å². The van der Waals surface area contributed by atoms with E-state index in [9.17, 15) is 4.79 Å². The molecule has 0 heterocycles. The van der Waals surface area contributed by atoms with Crippen molar-refractivity contribution in [2.75, 3.05) is 32.2 Å². The summed E-state index contributed by atoms with van der Waals surface area (Å²) in [4.78, 5) is 14.7. The van der Waals surface area contributed by atoms with Crippen LogP contribution in [0.15, 0.2) is 12.2 Å². The minimum absolute atomic E-state index is 0.313. The third-order valence-corrected chi connectivity index (χ3v) is 1.12. The molecule has 0 spiro atoms. The van der Waals surface area contributed by atoms with Crippen LogP contribution in [0, 0.1) is 0 Å². The number of likely N-dealkylation sites (N-methyl/N-ethyl adjacent to an activating group) is 1. The lowest BCUT2D eigenvalue weighted by Gasteiger charge is -2.09. The molecule has 0 bridgehead atoms. The zero-order chi connectivity index (χ0) is 10.9. The molecule has 0 aromatic rings. The first-order chi connectivity index (χ1) is 6.04. The first-order valence-electron chi connectivity index (χ1n) is 3.89. The third-order valence-electron chi connectivity index (χ3n) is 1.12. The van der Waals surface area contributed by atoms with Crippen molar-refractivity contribution in [3.8, 4) is 0 Å². The number of alkyl halides is 1. The number of halogens is 1. The van der Waals surface area contributed by atoms with Crippen LogP contribution in [0.3, 0.4) is 0 Å². The normalized spacial score (nSPS) is 8.77. The molecule has 0 fully saturated rings. The summed E-state index contributed by atoms with van der Waals surface area (Å²) in [5.41, 5.74) is 0.448. The van der Waals surface area contributed by atoms with Crippen LogP contribution in [-0.2, 0) is 9.53 Å². The Kier molecular flexibility index (Phi) is 11.8. The molecule has 0 aromatic carbocycles. The van der Waals surface area contributed by atoms with Gasteiger partial charge in [-0.1, -0.05) is 29.2 Å². The van der Waals surface area contributed by atoms with Gasteiger partial charge >= 0.3 is 5.97 Å². The molecular formula is C9H18INO2. The highest BCUT2D eigenvalue weighted by atomic mass is 127. The predicted molar refractivity (Wildman–Crippen MR) is 64.3 cm³/mol. The highest BCUT2D eigenvalue weighted by Gasteiger charge is 2.01. The highest BCUT2D eigenvalue weighted by molar-refractivity contribution is 14.1. The summed E-state index contributed by atoms with van der Waals surface area (Å²) in [5.74, 6) is -0.313. The summed E-state index contributed by atoms with van der Waals surface area (Å²) in [6, 6.07) is 0. The number of carbonyl (C=O) groups excluding carboxylic acids is 1. The molecule has 3 nitrogen and oxygen atoms in total. The first kappa shape index (κ1) is 15.4. The van der Waals surface area contributed by atoms with E-state index in [4.69, 9.17) is 4.74 Å². The number of esters is 1. The molecule has 4 heteroatoms. The minimum atomic E-state index is -0.313. The second kappa shape index (κ2) is 9.98. The average Bonchev–Trinajstić information content (AvgIpc) is 2.07. The lowest BCUT2D eigenvalue weighted by molar-refractivity contribution is -0.139. The standard InChI is InChI=1S/C8H15NO2.CH3I/c1-7(2)8(10)11-6-5-9(3)4;1-2/h1,5-6H2,2-4H3;1H3. The first-order valence-corrected chi connectivity index (χ1v) is 6.05. The van der Waals surface area contributed by atoms with Crippen LogP contribution in [-0.4, -0.2) is 43.0 Å². The molecule has 0 unspecified atom stereocenters. The topological polar surface area (TPSA) is 29.5 Å². The van der Waals surface area contributed by atoms with Crippen LogP contribution in [0.1, 0.15) is 6.92 Å². The average molecular weight is 299 g/mol. The zero-order valence-corrected chi connectivity index (χ0v) is 10.9. The van der Waals surface area contributed by atoms with Crippen molar-refractivity contribution in [1.82, 2.24) is 4.90 Å². The summed E-state index contributed by atoms with van der Waals surface area (Å²) in [5, 5.41) is 0. The molecule has 0 atom stereocenters. The number of rotatable bonds is 4. The van der Waals surface area contributed by atoms with Crippen LogP contribution >= 0.6 is 22.6 Å². The number of hydrogen-bond acceptors (Lipinski definition) is 3. The molecule has 0 amide bonds. The Labute approximate surface area is 94.3 Å². The maximum absolute atomic E-state index is 10.8. The van der Waals surface area contributed by atoms with E-state index in [1.54, 1.807) is 6.92 Å². The Morgan fingerprint density at radius 2 is 1.92 bits per heavy atom. The Morgan fingerprint density at radius 1 is 1.46 bits per heavy atom. The van der Waals surface area contributed by atoms with Crippen molar-refractivity contribution in [1.29, 1.82) is 0 Å². The number of hydrogen-bond donors (Lipinski definition) is 0. The SMILES string of the molecule is C=C(C)C(=O)OCCN(C)C.CI. The van der Waals surface area contributed by atoms with Gasteiger partial charge in [-0.15, -0.1) is 0 Å². The highest BCUT2D eigenvalue weighted by Crippen LogP contribution is 1.91. The van der Waals surface area contributed by atoms with Crippen molar-refractivity contribution in [2.45, 2.75) is 6.92 Å². The van der Waals surface area contributed by atoms with Crippen molar-refractivity contribution in [3.63, 3.8) is 0 Å². The molecule has 0 saturated carbocycles. The van der Waals surface area contributed by atoms with Gasteiger partial charge in [0, 0.05) is 12.1 Å². The zero-order valence-electron chi connectivity index (χ0n) is 8.76. The second-order valence-electron chi connectivity index (χ2n) is 2.72. The number of carbonyl (C=O) groups is 1. The maximum atomic E-state index is 10.8. The number of nitrogens with zero attached hydrogens (tertiary/aromatic N) is 1. The molecule has 0 aliphatic carbocycles. The van der Waals surface area contributed by atoms with E-state index in [0.717, 1.165) is 6.54 Å². The van der Waals surface area contributed by atoms with Crippen LogP contribution in [0.25, 0.3) is 0 Å². The van der Waals surface area contributed by atoms with Gasteiger partial charge in [0.25, 0.3) is 0 Å². The minimum Gasteiger partial charge on any atom is -0.461 e. The summed E-state index contributed by atoms with van der Waals surface area (Å²) in [7, 11) is 3.85. The summed E-state index contributed by atoms with van der Waals surface area (Å²) < 4.78 is 4.83. The molecule has 0 aromatic heterocycles. The fourth-order valence-corrected chi connectivity index (χ4v) is 0.444. The molecular weight excluding hydrogens is 281 g/mol. The quantitative estimate of drug-likeness (QED) is 0.343. The Hall–Kier alpha value is -0.100. The van der Waals surface area contributed by atoms with Crippen LogP contribution in [0.2, 0.25) is 0 Å². The smallest absolute Gasteiger partial charge is 0.333 e. The van der Waals surface area contributed by atoms with Gasteiger partial charge < -0.3 is 9.64 Å². The Balaban J connectivity index is 0. The molecule has 0 aliphatic rings. The number of ether oxygens (including phenoxy) is 1. The summed E-state index contributed by atoms with van der Waals surface area (Å²) in [6.45, 7) is 6.28. The Morgan fingerprint density at radius 3 is 2.23 bits per heavy atom. The van der Waals surface area contributed by atoms with E-state index in [-0.39, 0.29) is 5.97 Å².